The van der Waals surface area contributed by atoms with E-state index in [1.807, 2.05) is 17.8 Å². The Kier molecular flexibility index (Phi) is 8.68. The van der Waals surface area contributed by atoms with Crippen molar-refractivity contribution in [3.8, 4) is 22.3 Å². The molecular formula is C61H40N2OS. The van der Waals surface area contributed by atoms with Crippen LogP contribution in [0.2, 0.25) is 0 Å². The van der Waals surface area contributed by atoms with Crippen LogP contribution >= 0.6 is 11.8 Å². The van der Waals surface area contributed by atoms with Crippen LogP contribution in [0.15, 0.2) is 257 Å². The summed E-state index contributed by atoms with van der Waals surface area (Å²) in [7, 11) is 0. The van der Waals surface area contributed by atoms with Crippen LogP contribution in [0.1, 0.15) is 22.3 Å². The molecule has 0 radical (unpaired) electrons. The largest absolute Gasteiger partial charge is 0.455 e. The summed E-state index contributed by atoms with van der Waals surface area (Å²) in [4.78, 5) is 7.26. The number of fused-ring (bicyclic) bond motifs is 12. The van der Waals surface area contributed by atoms with Crippen molar-refractivity contribution in [2.45, 2.75) is 15.2 Å². The summed E-state index contributed by atoms with van der Waals surface area (Å²) in [5, 5.41) is 2.18. The highest BCUT2D eigenvalue weighted by Gasteiger charge is 2.50. The molecule has 3 nitrogen and oxygen atoms in total. The number of hydrogen-bond donors (Lipinski definition) is 0. The minimum Gasteiger partial charge on any atom is -0.455 e. The van der Waals surface area contributed by atoms with Crippen LogP contribution in [0, 0.1) is 0 Å². The molecule has 2 heterocycles. The lowest BCUT2D eigenvalue weighted by atomic mass is 9.67. The average Bonchev–Trinajstić information content (AvgIpc) is 3.89. The third-order valence-electron chi connectivity index (χ3n) is 13.3. The van der Waals surface area contributed by atoms with Crippen LogP contribution in [0.4, 0.5) is 34.1 Å². The fraction of sp³-hybridized carbons (Fsp3) is 0.0164. The molecule has 0 saturated heterocycles. The van der Waals surface area contributed by atoms with Gasteiger partial charge < -0.3 is 14.2 Å². The fourth-order valence-electron chi connectivity index (χ4n) is 10.6. The van der Waals surface area contributed by atoms with Crippen LogP contribution < -0.4 is 9.80 Å². The topological polar surface area (TPSA) is 19.6 Å². The smallest absolute Gasteiger partial charge is 0.143 e. The Morgan fingerprint density at radius 3 is 1.46 bits per heavy atom. The summed E-state index contributed by atoms with van der Waals surface area (Å²) in [5.41, 5.74) is 17.9. The molecule has 4 heteroatoms. The second-order valence-corrected chi connectivity index (χ2v) is 17.9. The Balaban J connectivity index is 0.964. The van der Waals surface area contributed by atoms with E-state index in [1.54, 1.807) is 0 Å². The molecule has 0 bridgehead atoms. The summed E-state index contributed by atoms with van der Waals surface area (Å²) in [5.74, 6) is 0. The van der Waals surface area contributed by atoms with Crippen molar-refractivity contribution in [2.75, 3.05) is 9.80 Å². The zero-order valence-corrected chi connectivity index (χ0v) is 36.1. The zero-order valence-electron chi connectivity index (χ0n) is 35.3. The van der Waals surface area contributed by atoms with Gasteiger partial charge in [0, 0.05) is 60.3 Å². The second-order valence-electron chi connectivity index (χ2n) is 16.8. The highest BCUT2D eigenvalue weighted by Crippen LogP contribution is 2.62. The Hall–Kier alpha value is -8.05. The SMILES string of the molecule is c1ccc(N(c2ccc(-c3cc(N(c4ccccc4)c4ccccc4)cc4c3oc3ccccc34)cc2)c2ccc3c(c2)Sc2ccccc2C32c3ccccc3-c3ccccc32)cc1. The molecule has 1 aliphatic carbocycles. The molecule has 65 heavy (non-hydrogen) atoms. The minimum atomic E-state index is -0.421. The van der Waals surface area contributed by atoms with E-state index < -0.39 is 5.41 Å². The summed E-state index contributed by atoms with van der Waals surface area (Å²) >= 11 is 1.88. The van der Waals surface area contributed by atoms with Gasteiger partial charge in [-0.15, -0.1) is 0 Å². The van der Waals surface area contributed by atoms with E-state index in [9.17, 15) is 0 Å². The summed E-state index contributed by atoms with van der Waals surface area (Å²) in [6.45, 7) is 0. The third-order valence-corrected chi connectivity index (χ3v) is 14.4. The maximum absolute atomic E-state index is 6.73. The van der Waals surface area contributed by atoms with Gasteiger partial charge in [-0.05, 0) is 124 Å². The summed E-state index contributed by atoms with van der Waals surface area (Å²) < 4.78 is 6.73. The predicted molar refractivity (Wildman–Crippen MR) is 270 cm³/mol. The van der Waals surface area contributed by atoms with Gasteiger partial charge in [0.25, 0.3) is 0 Å². The van der Waals surface area contributed by atoms with Gasteiger partial charge in [-0.3, -0.25) is 0 Å². The minimum absolute atomic E-state index is 0.421. The van der Waals surface area contributed by atoms with Crippen molar-refractivity contribution in [1.82, 2.24) is 0 Å². The van der Waals surface area contributed by atoms with Crippen molar-refractivity contribution >= 4 is 67.8 Å². The number of nitrogens with zero attached hydrogens (tertiary/aromatic N) is 2. The average molecular weight is 849 g/mol. The fourth-order valence-corrected chi connectivity index (χ4v) is 11.8. The maximum Gasteiger partial charge on any atom is 0.143 e. The highest BCUT2D eigenvalue weighted by atomic mass is 32.2. The van der Waals surface area contributed by atoms with Crippen molar-refractivity contribution in [3.63, 3.8) is 0 Å². The summed E-state index contributed by atoms with van der Waals surface area (Å²) in [6, 6.07) is 88.0. The first-order valence-corrected chi connectivity index (χ1v) is 23.0. The van der Waals surface area contributed by atoms with E-state index in [1.165, 1.54) is 43.2 Å². The zero-order chi connectivity index (χ0) is 42.9. The normalized spacial score (nSPS) is 13.0. The Morgan fingerprint density at radius 1 is 0.323 bits per heavy atom. The van der Waals surface area contributed by atoms with Gasteiger partial charge in [-0.1, -0.05) is 169 Å². The number of hydrogen-bond acceptors (Lipinski definition) is 4. The van der Waals surface area contributed by atoms with Crippen molar-refractivity contribution in [2.24, 2.45) is 0 Å². The first-order chi connectivity index (χ1) is 32.2. The standard InChI is InChI=1S/C61H40N2OS/c1-4-18-42(19-5-1)62(46-36-37-56-59(40-46)65-58-31-17-15-29-55(58)61(56)53-27-13-10-24-48(53)49-25-11-14-28-54(49)61)45-34-32-41(33-35-45)51-38-47(39-52-50-26-12-16-30-57(50)64-60(51)52)63(43-20-6-2-7-21-43)44-22-8-3-9-23-44/h1-40H. The van der Waals surface area contributed by atoms with Crippen LogP contribution in [0.5, 0.6) is 0 Å². The molecule has 13 rings (SSSR count). The number of para-hydroxylation sites is 4. The lowest BCUT2D eigenvalue weighted by Gasteiger charge is -2.40. The third kappa shape index (κ3) is 5.84. The molecule has 11 aromatic rings. The van der Waals surface area contributed by atoms with Gasteiger partial charge in [-0.2, -0.15) is 0 Å². The lowest BCUT2D eigenvalue weighted by molar-refractivity contribution is 0.670. The molecule has 1 aliphatic heterocycles. The number of rotatable bonds is 7. The second kappa shape index (κ2) is 15.0. The molecule has 1 aromatic heterocycles. The van der Waals surface area contributed by atoms with Gasteiger partial charge in [0.2, 0.25) is 0 Å². The molecule has 0 amide bonds. The van der Waals surface area contributed by atoms with E-state index in [2.05, 4.69) is 246 Å². The lowest BCUT2D eigenvalue weighted by Crippen LogP contribution is -2.32. The Labute approximate surface area is 382 Å². The highest BCUT2D eigenvalue weighted by molar-refractivity contribution is 7.99. The number of benzene rings is 10. The monoisotopic (exact) mass is 848 g/mol. The first kappa shape index (κ1) is 37.5. The number of anilines is 6. The van der Waals surface area contributed by atoms with E-state index in [-0.39, 0.29) is 0 Å². The first-order valence-electron chi connectivity index (χ1n) is 22.2. The van der Waals surface area contributed by atoms with Crippen LogP contribution in [0.3, 0.4) is 0 Å². The molecular weight excluding hydrogens is 809 g/mol. The van der Waals surface area contributed by atoms with Crippen molar-refractivity contribution in [3.05, 3.63) is 265 Å². The Bertz CT molecular complexity index is 3500. The molecule has 2 aliphatic rings. The van der Waals surface area contributed by atoms with Gasteiger partial charge in [-0.25, -0.2) is 0 Å². The van der Waals surface area contributed by atoms with Crippen LogP contribution in [-0.2, 0) is 5.41 Å². The Morgan fingerprint density at radius 2 is 0.815 bits per heavy atom. The van der Waals surface area contributed by atoms with Gasteiger partial charge in [0.05, 0.1) is 5.41 Å². The van der Waals surface area contributed by atoms with E-state index in [4.69, 9.17) is 4.42 Å². The maximum atomic E-state index is 6.73. The van der Waals surface area contributed by atoms with E-state index in [0.29, 0.717) is 0 Å². The van der Waals surface area contributed by atoms with Gasteiger partial charge >= 0.3 is 0 Å². The molecule has 0 N–H and O–H groups in total. The quantitative estimate of drug-likeness (QED) is 0.159. The summed E-state index contributed by atoms with van der Waals surface area (Å²) in [6.07, 6.45) is 0. The molecule has 306 valence electrons. The molecule has 0 saturated carbocycles. The van der Waals surface area contributed by atoms with Crippen molar-refractivity contribution < 1.29 is 4.42 Å². The van der Waals surface area contributed by atoms with Crippen LogP contribution in [-0.4, -0.2) is 0 Å². The van der Waals surface area contributed by atoms with Gasteiger partial charge in [0.1, 0.15) is 11.2 Å². The van der Waals surface area contributed by atoms with E-state index >= 15 is 0 Å². The molecule has 0 fully saturated rings. The predicted octanol–water partition coefficient (Wildman–Crippen LogP) is 17.0. The van der Waals surface area contributed by atoms with E-state index in [0.717, 1.165) is 67.2 Å². The molecule has 0 unspecified atom stereocenters. The van der Waals surface area contributed by atoms with Gasteiger partial charge in [0.15, 0.2) is 0 Å². The molecule has 10 aromatic carbocycles. The van der Waals surface area contributed by atoms with Crippen LogP contribution in [0.25, 0.3) is 44.2 Å². The van der Waals surface area contributed by atoms with Crippen molar-refractivity contribution in [1.29, 1.82) is 0 Å². The number of furan rings is 1. The molecule has 0 atom stereocenters. The molecule has 1 spiro atoms.